The molecule has 2 aromatic carbocycles. The minimum atomic E-state index is -4.14. The topological polar surface area (TPSA) is 90.2 Å². The Kier molecular flexibility index (Phi) is 4.54. The first-order chi connectivity index (χ1) is 15.6. The van der Waals surface area contributed by atoms with Crippen LogP contribution in [0.15, 0.2) is 71.8 Å². The quantitative estimate of drug-likeness (QED) is 0.358. The lowest BCUT2D eigenvalue weighted by atomic mass is 9.87. The molecule has 0 bridgehead atoms. The van der Waals surface area contributed by atoms with Crippen molar-refractivity contribution in [1.29, 1.82) is 0 Å². The second-order valence-corrected chi connectivity index (χ2v) is 9.66. The summed E-state index contributed by atoms with van der Waals surface area (Å²) in [4.78, 5) is 13.2. The second kappa shape index (κ2) is 8.08. The van der Waals surface area contributed by atoms with E-state index in [1.807, 2.05) is 20.8 Å². The highest BCUT2D eigenvalue weighted by Crippen LogP contribution is 2.27. The number of carbonyl (C=O) groups excluding carboxylic acids is 1. The maximum atomic E-state index is 13.2. The van der Waals surface area contributed by atoms with Crippen molar-refractivity contribution in [3.8, 4) is 0 Å². The number of anilines is 1. The van der Waals surface area contributed by atoms with Crippen LogP contribution in [-0.2, 0) is 15.4 Å². The molecular formula is C22H21ClN2O4S. The minimum Gasteiger partial charge on any atom is -0.619 e. The average molecular weight is 449 g/mol. The monoisotopic (exact) mass is 448 g/mol. The number of pyridine rings is 1. The van der Waals surface area contributed by atoms with Gasteiger partial charge in [-0.15, -0.1) is 0 Å². The van der Waals surface area contributed by atoms with E-state index in [1.54, 1.807) is 12.1 Å². The Labute approximate surface area is 186 Å². The molecule has 1 heterocycles. The van der Waals surface area contributed by atoms with Crippen LogP contribution >= 0.6 is 11.6 Å². The van der Waals surface area contributed by atoms with Gasteiger partial charge in [0.2, 0.25) is 0 Å². The molecule has 1 aromatic heterocycles. The van der Waals surface area contributed by atoms with Crippen LogP contribution in [0.3, 0.4) is 0 Å². The van der Waals surface area contributed by atoms with Gasteiger partial charge in [0.1, 0.15) is 2.74 Å². The summed E-state index contributed by atoms with van der Waals surface area (Å²) in [6, 6.07) is 8.30. The fourth-order valence-electron chi connectivity index (χ4n) is 2.65. The number of aromatic nitrogens is 1. The number of ketones is 1. The zero-order valence-electron chi connectivity index (χ0n) is 20.4. The number of carbonyl (C=O) groups is 1. The smallest absolute Gasteiger partial charge is 0.261 e. The molecule has 0 saturated heterocycles. The largest absolute Gasteiger partial charge is 0.619 e. The van der Waals surface area contributed by atoms with Crippen LogP contribution in [-0.4, -0.2) is 14.2 Å². The highest BCUT2D eigenvalue weighted by atomic mass is 35.5. The maximum absolute atomic E-state index is 13.2. The number of halogens is 1. The van der Waals surface area contributed by atoms with E-state index >= 15 is 0 Å². The Hall–Kier alpha value is -2.90. The number of hydrogen-bond donors (Lipinski definition) is 1. The van der Waals surface area contributed by atoms with Gasteiger partial charge in [-0.05, 0) is 41.3 Å². The zero-order chi connectivity index (χ0) is 25.6. The third kappa shape index (κ3) is 4.80. The summed E-state index contributed by atoms with van der Waals surface area (Å²) in [5.41, 5.74) is -0.410. The lowest BCUT2D eigenvalue weighted by Gasteiger charge is -2.19. The molecule has 0 aliphatic rings. The van der Waals surface area contributed by atoms with Crippen LogP contribution in [0.4, 0.5) is 5.69 Å². The number of benzene rings is 2. The van der Waals surface area contributed by atoms with Crippen molar-refractivity contribution in [3.05, 3.63) is 93.8 Å². The Balaban J connectivity index is 2.08. The summed E-state index contributed by atoms with van der Waals surface area (Å²) < 4.78 is 59.3. The molecule has 0 saturated carbocycles. The summed E-state index contributed by atoms with van der Waals surface area (Å²) in [6.07, 6.45) is -1.96. The second-order valence-electron chi connectivity index (χ2n) is 7.54. The van der Waals surface area contributed by atoms with E-state index < -0.39 is 45.8 Å². The van der Waals surface area contributed by atoms with Gasteiger partial charge in [0, 0.05) is 28.2 Å². The maximum Gasteiger partial charge on any atom is 0.261 e. The number of rotatable bonds is 5. The first-order valence-electron chi connectivity index (χ1n) is 10.8. The van der Waals surface area contributed by atoms with Crippen LogP contribution in [0.5, 0.6) is 0 Å². The number of hydrogen-bond acceptors (Lipinski definition) is 4. The van der Waals surface area contributed by atoms with Crippen molar-refractivity contribution in [2.45, 2.75) is 31.1 Å². The highest BCUT2D eigenvalue weighted by molar-refractivity contribution is 7.92. The van der Waals surface area contributed by atoms with Crippen molar-refractivity contribution in [2.75, 3.05) is 4.72 Å². The lowest BCUT2D eigenvalue weighted by Crippen LogP contribution is -2.24. The van der Waals surface area contributed by atoms with Crippen molar-refractivity contribution in [2.24, 2.45) is 0 Å². The molecule has 6 nitrogen and oxygen atoms in total. The molecule has 1 N–H and O–H groups in total. The summed E-state index contributed by atoms with van der Waals surface area (Å²) >= 11 is 6.01. The minimum absolute atomic E-state index is 0.0507. The van der Waals surface area contributed by atoms with Crippen LogP contribution in [0.2, 0.25) is 5.02 Å². The molecule has 3 rings (SSSR count). The molecule has 0 radical (unpaired) electrons. The SMILES string of the molecule is [2H]c1c(C(=O)c2cc(Cl)ccc2NS(=O)(=O)c2ccc(C(C)(C)C)cc2)c([2H])c([2H])[n+]([O-])c1[2H]. The van der Waals surface area contributed by atoms with E-state index in [0.29, 0.717) is 0 Å². The van der Waals surface area contributed by atoms with Crippen LogP contribution in [0.1, 0.15) is 47.7 Å². The van der Waals surface area contributed by atoms with Gasteiger partial charge in [-0.3, -0.25) is 9.52 Å². The molecule has 0 unspecified atom stereocenters. The number of nitrogens with one attached hydrogen (secondary N) is 1. The fourth-order valence-corrected chi connectivity index (χ4v) is 3.90. The van der Waals surface area contributed by atoms with E-state index in [2.05, 4.69) is 4.72 Å². The van der Waals surface area contributed by atoms with Crippen molar-refractivity contribution >= 4 is 33.1 Å². The summed E-state index contributed by atoms with van der Waals surface area (Å²) in [6.45, 7) is 5.97. The molecule has 8 heteroatoms. The Morgan fingerprint density at radius 2 is 1.70 bits per heavy atom. The van der Waals surface area contributed by atoms with Crippen LogP contribution in [0, 0.1) is 5.21 Å². The Morgan fingerprint density at radius 1 is 1.10 bits per heavy atom. The van der Waals surface area contributed by atoms with Gasteiger partial charge in [0.05, 0.1) is 13.3 Å². The predicted molar refractivity (Wildman–Crippen MR) is 116 cm³/mol. The van der Waals surface area contributed by atoms with E-state index in [4.69, 9.17) is 17.1 Å². The number of sulfonamides is 1. The van der Waals surface area contributed by atoms with Crippen molar-refractivity contribution in [3.63, 3.8) is 0 Å². The zero-order valence-corrected chi connectivity index (χ0v) is 18.0. The predicted octanol–water partition coefficient (Wildman–Crippen LogP) is 4.30. The highest BCUT2D eigenvalue weighted by Gasteiger charge is 2.21. The fraction of sp³-hybridized carbons (Fsp3) is 0.182. The molecule has 0 aliphatic carbocycles. The first-order valence-corrected chi connectivity index (χ1v) is 10.7. The Morgan fingerprint density at radius 3 is 2.27 bits per heavy atom. The van der Waals surface area contributed by atoms with Gasteiger partial charge >= 0.3 is 0 Å². The standard InChI is InChI=1S/C22H21ClN2O4S/c1-22(2,3)16-4-7-18(8-5-16)30(28,29)24-20-9-6-17(23)14-19(20)21(26)15-10-12-25(27)13-11-15/h4-14,24H,1-3H3/i10D,11D,12D,13D. The van der Waals surface area contributed by atoms with Crippen LogP contribution in [0.25, 0.3) is 0 Å². The summed E-state index contributed by atoms with van der Waals surface area (Å²) in [5.74, 6) is -1.03. The average Bonchev–Trinajstić information content (AvgIpc) is 2.77. The summed E-state index contributed by atoms with van der Waals surface area (Å²) in [5, 5.41) is 11.8. The van der Waals surface area contributed by atoms with Gasteiger partial charge in [0.25, 0.3) is 10.0 Å². The first kappa shape index (κ1) is 16.8. The lowest BCUT2D eigenvalue weighted by molar-refractivity contribution is -0.605. The normalized spacial score (nSPS) is 13.7. The van der Waals surface area contributed by atoms with Gasteiger partial charge in [-0.2, -0.15) is 4.73 Å². The third-order valence-corrected chi connectivity index (χ3v) is 5.91. The molecule has 0 aliphatic heterocycles. The molecule has 3 aromatic rings. The number of nitrogens with zero attached hydrogens (tertiary/aromatic N) is 1. The van der Waals surface area contributed by atoms with Crippen molar-refractivity contribution < 1.29 is 23.4 Å². The molecule has 0 spiro atoms. The van der Waals surface area contributed by atoms with Gasteiger partial charge in [0.15, 0.2) is 18.1 Å². The van der Waals surface area contributed by atoms with Gasteiger partial charge in [-0.25, -0.2) is 8.42 Å². The molecule has 0 atom stereocenters. The molecule has 0 amide bonds. The van der Waals surface area contributed by atoms with Gasteiger partial charge in [-0.1, -0.05) is 44.5 Å². The Bertz CT molecular complexity index is 1380. The molecule has 156 valence electrons. The van der Waals surface area contributed by atoms with E-state index in [9.17, 15) is 18.4 Å². The summed E-state index contributed by atoms with van der Waals surface area (Å²) in [7, 11) is -4.14. The van der Waals surface area contributed by atoms with E-state index in [-0.39, 0.29) is 31.3 Å². The van der Waals surface area contributed by atoms with Crippen molar-refractivity contribution in [1.82, 2.24) is 0 Å². The van der Waals surface area contributed by atoms with E-state index in [0.717, 1.165) is 11.6 Å². The van der Waals surface area contributed by atoms with E-state index in [1.165, 1.54) is 24.3 Å². The molecular weight excluding hydrogens is 424 g/mol. The van der Waals surface area contributed by atoms with Gasteiger partial charge < -0.3 is 5.21 Å². The molecule has 30 heavy (non-hydrogen) atoms. The molecule has 0 fully saturated rings. The van der Waals surface area contributed by atoms with Crippen LogP contribution < -0.4 is 9.45 Å². The third-order valence-electron chi connectivity index (χ3n) is 4.29.